The van der Waals surface area contributed by atoms with Crippen molar-refractivity contribution >= 4 is 5.97 Å². The summed E-state index contributed by atoms with van der Waals surface area (Å²) >= 11 is 0. The standard InChI is InChI=1S/C12H20O3/c1-9(2)12(14)6-5-10(3)7-8-15-11(4)13/h7,12,14H,1,5-6,8H2,2-4H3/b10-7+/t12-/m0/s1. The van der Waals surface area contributed by atoms with Crippen LogP contribution in [0.3, 0.4) is 0 Å². The second kappa shape index (κ2) is 7.23. The van der Waals surface area contributed by atoms with Gasteiger partial charge in [0.2, 0.25) is 0 Å². The van der Waals surface area contributed by atoms with Crippen molar-refractivity contribution in [2.75, 3.05) is 6.61 Å². The molecule has 0 fully saturated rings. The SMILES string of the molecule is C=C(C)[C@@H](O)CC/C(C)=C/COC(C)=O. The maximum Gasteiger partial charge on any atom is 0.302 e. The molecule has 0 rings (SSSR count). The van der Waals surface area contributed by atoms with Crippen LogP contribution in [0.15, 0.2) is 23.8 Å². The molecule has 0 bridgehead atoms. The number of ether oxygens (including phenoxy) is 1. The van der Waals surface area contributed by atoms with Crippen molar-refractivity contribution in [3.05, 3.63) is 23.8 Å². The highest BCUT2D eigenvalue weighted by Crippen LogP contribution is 2.11. The van der Waals surface area contributed by atoms with Gasteiger partial charge in [-0.25, -0.2) is 0 Å². The molecule has 0 radical (unpaired) electrons. The van der Waals surface area contributed by atoms with E-state index in [0.29, 0.717) is 13.0 Å². The molecular formula is C12H20O3. The van der Waals surface area contributed by atoms with Gasteiger partial charge in [0.05, 0.1) is 6.10 Å². The van der Waals surface area contributed by atoms with Crippen molar-refractivity contribution in [2.45, 2.75) is 39.7 Å². The van der Waals surface area contributed by atoms with E-state index in [4.69, 9.17) is 4.74 Å². The number of carbonyl (C=O) groups excluding carboxylic acids is 1. The normalized spacial score (nSPS) is 13.5. The largest absolute Gasteiger partial charge is 0.462 e. The summed E-state index contributed by atoms with van der Waals surface area (Å²) in [5.74, 6) is -0.277. The lowest BCUT2D eigenvalue weighted by molar-refractivity contribution is -0.139. The van der Waals surface area contributed by atoms with Crippen LogP contribution in [0.2, 0.25) is 0 Å². The van der Waals surface area contributed by atoms with Gasteiger partial charge < -0.3 is 9.84 Å². The highest BCUT2D eigenvalue weighted by atomic mass is 16.5. The van der Waals surface area contributed by atoms with Crippen LogP contribution in [-0.4, -0.2) is 23.8 Å². The minimum Gasteiger partial charge on any atom is -0.462 e. The summed E-state index contributed by atoms with van der Waals surface area (Å²) in [6.45, 7) is 9.13. The van der Waals surface area contributed by atoms with E-state index in [9.17, 15) is 9.90 Å². The summed E-state index contributed by atoms with van der Waals surface area (Å²) in [5.41, 5.74) is 1.89. The van der Waals surface area contributed by atoms with Crippen molar-refractivity contribution in [1.29, 1.82) is 0 Å². The van der Waals surface area contributed by atoms with Crippen molar-refractivity contribution in [3.8, 4) is 0 Å². The average molecular weight is 212 g/mol. The second-order valence-corrected chi connectivity index (χ2v) is 3.75. The summed E-state index contributed by atoms with van der Waals surface area (Å²) in [4.78, 5) is 10.5. The van der Waals surface area contributed by atoms with Crippen LogP contribution in [0.5, 0.6) is 0 Å². The molecule has 3 nitrogen and oxygen atoms in total. The van der Waals surface area contributed by atoms with Crippen LogP contribution in [0.25, 0.3) is 0 Å². The topological polar surface area (TPSA) is 46.5 Å². The Hall–Kier alpha value is -1.09. The zero-order chi connectivity index (χ0) is 11.8. The molecule has 0 unspecified atom stereocenters. The third-order valence-corrected chi connectivity index (χ3v) is 2.10. The summed E-state index contributed by atoms with van der Waals surface area (Å²) in [6, 6.07) is 0. The molecule has 0 saturated carbocycles. The zero-order valence-corrected chi connectivity index (χ0v) is 9.75. The number of allylic oxidation sites excluding steroid dienone is 1. The summed E-state index contributed by atoms with van der Waals surface area (Å²) in [7, 11) is 0. The van der Waals surface area contributed by atoms with E-state index in [1.165, 1.54) is 6.92 Å². The first kappa shape index (κ1) is 13.9. The highest BCUT2D eigenvalue weighted by Gasteiger charge is 2.04. The number of rotatable bonds is 6. The first-order chi connectivity index (χ1) is 6.93. The maximum atomic E-state index is 10.5. The lowest BCUT2D eigenvalue weighted by atomic mass is 10.0. The van der Waals surface area contributed by atoms with Crippen molar-refractivity contribution in [1.82, 2.24) is 0 Å². The highest BCUT2D eigenvalue weighted by molar-refractivity contribution is 5.66. The number of esters is 1. The molecule has 1 N–H and O–H groups in total. The van der Waals surface area contributed by atoms with E-state index in [1.54, 1.807) is 0 Å². The Labute approximate surface area is 91.4 Å². The third kappa shape index (κ3) is 7.94. The first-order valence-electron chi connectivity index (χ1n) is 5.06. The molecule has 0 aliphatic rings. The van der Waals surface area contributed by atoms with Gasteiger partial charge in [-0.15, -0.1) is 0 Å². The maximum absolute atomic E-state index is 10.5. The van der Waals surface area contributed by atoms with E-state index < -0.39 is 6.10 Å². The molecule has 0 aromatic carbocycles. The minimum atomic E-state index is -0.443. The van der Waals surface area contributed by atoms with Crippen LogP contribution in [-0.2, 0) is 9.53 Å². The predicted molar refractivity (Wildman–Crippen MR) is 60.4 cm³/mol. The number of hydrogen-bond donors (Lipinski definition) is 1. The minimum absolute atomic E-state index is 0.277. The van der Waals surface area contributed by atoms with Gasteiger partial charge >= 0.3 is 5.97 Å². The van der Waals surface area contributed by atoms with Gasteiger partial charge in [0.25, 0.3) is 0 Å². The number of carbonyl (C=O) groups is 1. The van der Waals surface area contributed by atoms with Crippen LogP contribution < -0.4 is 0 Å². The molecule has 0 aromatic rings. The zero-order valence-electron chi connectivity index (χ0n) is 9.75. The first-order valence-corrected chi connectivity index (χ1v) is 5.06. The summed E-state index contributed by atoms with van der Waals surface area (Å²) < 4.78 is 4.77. The van der Waals surface area contributed by atoms with E-state index >= 15 is 0 Å². The Morgan fingerprint density at radius 1 is 1.47 bits per heavy atom. The van der Waals surface area contributed by atoms with E-state index in [1.807, 2.05) is 19.9 Å². The van der Waals surface area contributed by atoms with Crippen molar-refractivity contribution < 1.29 is 14.6 Å². The smallest absolute Gasteiger partial charge is 0.302 e. The molecule has 15 heavy (non-hydrogen) atoms. The monoisotopic (exact) mass is 212 g/mol. The molecule has 0 aliphatic heterocycles. The quantitative estimate of drug-likeness (QED) is 0.542. The fourth-order valence-corrected chi connectivity index (χ4v) is 1.01. The molecule has 0 spiro atoms. The van der Waals surface area contributed by atoms with Crippen LogP contribution in [0, 0.1) is 0 Å². The van der Waals surface area contributed by atoms with Crippen molar-refractivity contribution in [3.63, 3.8) is 0 Å². The summed E-state index contributed by atoms with van der Waals surface area (Å²) in [5, 5.41) is 9.48. The van der Waals surface area contributed by atoms with Crippen LogP contribution in [0.4, 0.5) is 0 Å². The fourth-order valence-electron chi connectivity index (χ4n) is 1.01. The second-order valence-electron chi connectivity index (χ2n) is 3.75. The molecule has 0 heterocycles. The molecule has 0 saturated heterocycles. The van der Waals surface area contributed by atoms with Gasteiger partial charge in [0.1, 0.15) is 6.61 Å². The molecule has 0 amide bonds. The van der Waals surface area contributed by atoms with Gasteiger partial charge in [-0.2, -0.15) is 0 Å². The molecule has 1 atom stereocenters. The Balaban J connectivity index is 3.77. The molecule has 86 valence electrons. The van der Waals surface area contributed by atoms with E-state index in [0.717, 1.165) is 17.6 Å². The van der Waals surface area contributed by atoms with Gasteiger partial charge in [-0.05, 0) is 32.8 Å². The molecule has 0 aliphatic carbocycles. The van der Waals surface area contributed by atoms with Gasteiger partial charge in [-0.1, -0.05) is 17.7 Å². The lowest BCUT2D eigenvalue weighted by Crippen LogP contribution is -2.07. The van der Waals surface area contributed by atoms with Gasteiger partial charge in [0.15, 0.2) is 0 Å². The average Bonchev–Trinajstić information content (AvgIpc) is 2.13. The number of aliphatic hydroxyl groups is 1. The van der Waals surface area contributed by atoms with Gasteiger partial charge in [-0.3, -0.25) is 4.79 Å². The third-order valence-electron chi connectivity index (χ3n) is 2.10. The van der Waals surface area contributed by atoms with Crippen LogP contribution in [0.1, 0.15) is 33.6 Å². The number of aliphatic hydroxyl groups excluding tert-OH is 1. The predicted octanol–water partition coefficient (Wildman–Crippen LogP) is 2.21. The Morgan fingerprint density at radius 3 is 2.53 bits per heavy atom. The van der Waals surface area contributed by atoms with Gasteiger partial charge in [0, 0.05) is 6.92 Å². The Morgan fingerprint density at radius 2 is 2.07 bits per heavy atom. The van der Waals surface area contributed by atoms with Crippen LogP contribution >= 0.6 is 0 Å². The molecular weight excluding hydrogens is 192 g/mol. The molecule has 0 aromatic heterocycles. The van der Waals surface area contributed by atoms with E-state index in [-0.39, 0.29) is 5.97 Å². The Bertz CT molecular complexity index is 254. The Kier molecular flexibility index (Phi) is 6.71. The lowest BCUT2D eigenvalue weighted by Gasteiger charge is -2.09. The summed E-state index contributed by atoms with van der Waals surface area (Å²) in [6.07, 6.45) is 2.86. The van der Waals surface area contributed by atoms with E-state index in [2.05, 4.69) is 6.58 Å². The molecule has 3 heteroatoms. The van der Waals surface area contributed by atoms with Crippen molar-refractivity contribution in [2.24, 2.45) is 0 Å². The number of hydrogen-bond acceptors (Lipinski definition) is 3. The fraction of sp³-hybridized carbons (Fsp3) is 0.583.